The van der Waals surface area contributed by atoms with Gasteiger partial charge in [-0.05, 0) is 25.5 Å². The number of benzene rings is 1. The fourth-order valence-corrected chi connectivity index (χ4v) is 3.84. The van der Waals surface area contributed by atoms with E-state index in [9.17, 15) is 19.5 Å². The molecule has 27 heavy (non-hydrogen) atoms. The number of hydrogen-bond donors (Lipinski definition) is 1. The van der Waals surface area contributed by atoms with Gasteiger partial charge in [0.2, 0.25) is 0 Å². The number of Topliss-reactive ketones (excluding diaryl/α,β-unsaturated/α-hetero) is 1. The van der Waals surface area contributed by atoms with E-state index in [0.717, 1.165) is 0 Å². The molecular formula is C18H21Cl2NO6. The number of hydrogen-bond acceptors (Lipinski definition) is 5. The van der Waals surface area contributed by atoms with Crippen molar-refractivity contribution in [2.45, 2.75) is 38.1 Å². The van der Waals surface area contributed by atoms with Crippen LogP contribution in [0.1, 0.15) is 37.7 Å². The fourth-order valence-electron chi connectivity index (χ4n) is 3.37. The van der Waals surface area contributed by atoms with Crippen LogP contribution in [0.25, 0.3) is 0 Å². The number of halogens is 2. The second-order valence-corrected chi connectivity index (χ2v) is 7.01. The van der Waals surface area contributed by atoms with Crippen molar-refractivity contribution in [1.82, 2.24) is 4.90 Å². The maximum absolute atomic E-state index is 12.1. The number of carbonyl (C=O) groups is 3. The zero-order chi connectivity index (χ0) is 20.1. The quantitative estimate of drug-likeness (QED) is 0.536. The van der Waals surface area contributed by atoms with Crippen LogP contribution in [-0.2, 0) is 14.3 Å². The molecule has 1 aliphatic heterocycles. The summed E-state index contributed by atoms with van der Waals surface area (Å²) >= 11 is 12.4. The highest BCUT2D eigenvalue weighted by atomic mass is 35.5. The Kier molecular flexibility index (Phi) is 7.33. The molecule has 1 N–H and O–H groups in total. The minimum absolute atomic E-state index is 0.0673. The van der Waals surface area contributed by atoms with Crippen molar-refractivity contribution in [3.8, 4) is 5.75 Å². The monoisotopic (exact) mass is 417 g/mol. The first-order valence-electron chi connectivity index (χ1n) is 8.47. The minimum Gasteiger partial charge on any atom is -0.496 e. The Morgan fingerprint density at radius 3 is 2.59 bits per heavy atom. The predicted octanol–water partition coefficient (Wildman–Crippen LogP) is 3.75. The van der Waals surface area contributed by atoms with E-state index in [2.05, 4.69) is 0 Å². The normalized spacial score (nSPS) is 19.0. The first kappa shape index (κ1) is 21.3. The van der Waals surface area contributed by atoms with E-state index < -0.39 is 18.1 Å². The smallest absolute Gasteiger partial charge is 0.407 e. The maximum atomic E-state index is 12.1. The van der Waals surface area contributed by atoms with Crippen molar-refractivity contribution in [3.05, 3.63) is 27.7 Å². The zero-order valence-electron chi connectivity index (χ0n) is 15.0. The molecule has 1 aromatic carbocycles. The predicted molar refractivity (Wildman–Crippen MR) is 99.8 cm³/mol. The molecular weight excluding hydrogens is 397 g/mol. The van der Waals surface area contributed by atoms with Gasteiger partial charge in [-0.1, -0.05) is 23.2 Å². The third kappa shape index (κ3) is 5.05. The van der Waals surface area contributed by atoms with Gasteiger partial charge < -0.3 is 19.5 Å². The summed E-state index contributed by atoms with van der Waals surface area (Å²) < 4.78 is 10.1. The molecule has 1 heterocycles. The highest BCUT2D eigenvalue weighted by Crippen LogP contribution is 2.43. The lowest BCUT2D eigenvalue weighted by atomic mass is 9.93. The van der Waals surface area contributed by atoms with E-state index in [0.29, 0.717) is 27.8 Å². The number of methoxy groups -OCH3 is 1. The summed E-state index contributed by atoms with van der Waals surface area (Å²) in [7, 11) is 1.49. The van der Waals surface area contributed by atoms with Crippen LogP contribution in [0.15, 0.2) is 12.1 Å². The lowest BCUT2D eigenvalue weighted by Gasteiger charge is -2.20. The molecule has 1 saturated heterocycles. The summed E-state index contributed by atoms with van der Waals surface area (Å²) in [6, 6.07) is 2.72. The molecule has 0 bridgehead atoms. The number of rotatable bonds is 7. The molecule has 1 aliphatic rings. The van der Waals surface area contributed by atoms with Gasteiger partial charge in [-0.25, -0.2) is 4.79 Å². The molecule has 0 radical (unpaired) electrons. The molecule has 1 fully saturated rings. The van der Waals surface area contributed by atoms with Crippen LogP contribution >= 0.6 is 23.2 Å². The Morgan fingerprint density at radius 2 is 2.00 bits per heavy atom. The summed E-state index contributed by atoms with van der Waals surface area (Å²) in [5.74, 6) is -0.742. The van der Waals surface area contributed by atoms with Crippen molar-refractivity contribution in [1.29, 1.82) is 0 Å². The van der Waals surface area contributed by atoms with Gasteiger partial charge in [0.05, 0.1) is 23.8 Å². The topological polar surface area (TPSA) is 93.1 Å². The van der Waals surface area contributed by atoms with Crippen LogP contribution in [0.3, 0.4) is 0 Å². The molecule has 0 unspecified atom stereocenters. The summed E-state index contributed by atoms with van der Waals surface area (Å²) in [6.45, 7) is 1.99. The largest absolute Gasteiger partial charge is 0.496 e. The molecule has 1 amide bonds. The second-order valence-electron chi connectivity index (χ2n) is 6.22. The number of carbonyl (C=O) groups excluding carboxylic acids is 2. The fraction of sp³-hybridized carbons (Fsp3) is 0.500. The molecule has 0 aliphatic carbocycles. The van der Waals surface area contributed by atoms with Gasteiger partial charge in [0.25, 0.3) is 0 Å². The average molecular weight is 418 g/mol. The SMILES string of the molecule is CCOC(=O)CC(=O)C[C@@H]1C[C@H](c2c(OC)ccc(Cl)c2Cl)CN1C(=O)O. The molecule has 2 atom stereocenters. The molecule has 7 nitrogen and oxygen atoms in total. The Balaban J connectivity index is 2.20. The van der Waals surface area contributed by atoms with Crippen LogP contribution in [0.2, 0.25) is 10.0 Å². The number of esters is 1. The van der Waals surface area contributed by atoms with Gasteiger partial charge in [-0.3, -0.25) is 9.59 Å². The van der Waals surface area contributed by atoms with Crippen molar-refractivity contribution >= 4 is 41.0 Å². The molecule has 148 valence electrons. The Bertz CT molecular complexity index is 739. The number of nitrogens with zero attached hydrogens (tertiary/aromatic N) is 1. The Labute approximate surface area is 167 Å². The highest BCUT2D eigenvalue weighted by molar-refractivity contribution is 6.42. The maximum Gasteiger partial charge on any atom is 0.407 e. The van der Waals surface area contributed by atoms with Gasteiger partial charge in [-0.2, -0.15) is 0 Å². The van der Waals surface area contributed by atoms with Crippen LogP contribution in [0.5, 0.6) is 5.75 Å². The van der Waals surface area contributed by atoms with Crippen molar-refractivity contribution in [2.75, 3.05) is 20.3 Å². The molecule has 2 rings (SSSR count). The Hall–Kier alpha value is -1.99. The lowest BCUT2D eigenvalue weighted by molar-refractivity contribution is -0.145. The minimum atomic E-state index is -1.14. The first-order valence-corrected chi connectivity index (χ1v) is 9.22. The molecule has 0 aromatic heterocycles. The standard InChI is InChI=1S/C18H21Cl2NO6/c1-3-27-15(23)8-12(22)7-11-6-10(9-21(11)18(24)25)16-14(26-2)5-4-13(19)17(16)20/h4-5,10-11H,3,6-9H2,1-2H3,(H,24,25)/t10-,11-/m0/s1. The van der Waals surface area contributed by atoms with Gasteiger partial charge in [0.1, 0.15) is 18.0 Å². The number of ketones is 1. The third-order valence-electron chi connectivity index (χ3n) is 4.49. The molecule has 9 heteroatoms. The van der Waals surface area contributed by atoms with Crippen LogP contribution in [-0.4, -0.2) is 54.2 Å². The van der Waals surface area contributed by atoms with E-state index >= 15 is 0 Å². The van der Waals surface area contributed by atoms with E-state index in [-0.39, 0.29) is 37.7 Å². The van der Waals surface area contributed by atoms with Gasteiger partial charge in [0, 0.05) is 30.5 Å². The van der Waals surface area contributed by atoms with Crippen LogP contribution in [0, 0.1) is 0 Å². The summed E-state index contributed by atoms with van der Waals surface area (Å²) in [4.78, 5) is 36.5. The van der Waals surface area contributed by atoms with Crippen molar-refractivity contribution in [2.24, 2.45) is 0 Å². The third-order valence-corrected chi connectivity index (χ3v) is 5.31. The van der Waals surface area contributed by atoms with Gasteiger partial charge >= 0.3 is 12.1 Å². The van der Waals surface area contributed by atoms with Crippen molar-refractivity contribution in [3.63, 3.8) is 0 Å². The molecule has 0 saturated carbocycles. The van der Waals surface area contributed by atoms with E-state index in [1.54, 1.807) is 19.1 Å². The second kappa shape index (κ2) is 9.28. The van der Waals surface area contributed by atoms with Crippen LogP contribution < -0.4 is 4.74 Å². The highest BCUT2D eigenvalue weighted by Gasteiger charge is 2.39. The summed E-state index contributed by atoms with van der Waals surface area (Å²) in [5.41, 5.74) is 0.623. The Morgan fingerprint density at radius 1 is 1.30 bits per heavy atom. The number of likely N-dealkylation sites (tertiary alicyclic amines) is 1. The number of carboxylic acid groups (broad SMARTS) is 1. The van der Waals surface area contributed by atoms with Gasteiger partial charge in [-0.15, -0.1) is 0 Å². The molecule has 0 spiro atoms. The van der Waals surface area contributed by atoms with E-state index in [1.807, 2.05) is 0 Å². The van der Waals surface area contributed by atoms with E-state index in [1.165, 1.54) is 12.0 Å². The number of amides is 1. The summed E-state index contributed by atoms with van der Waals surface area (Å²) in [6.07, 6.45) is -1.20. The van der Waals surface area contributed by atoms with Gasteiger partial charge in [0.15, 0.2) is 0 Å². The first-order chi connectivity index (χ1) is 12.8. The average Bonchev–Trinajstić information content (AvgIpc) is 3.00. The lowest BCUT2D eigenvalue weighted by Crippen LogP contribution is -2.36. The number of ether oxygens (including phenoxy) is 2. The molecule has 1 aromatic rings. The summed E-state index contributed by atoms with van der Waals surface area (Å²) in [5, 5.41) is 10.2. The zero-order valence-corrected chi connectivity index (χ0v) is 16.5. The van der Waals surface area contributed by atoms with Crippen LogP contribution in [0.4, 0.5) is 4.79 Å². The van der Waals surface area contributed by atoms with E-state index in [4.69, 9.17) is 32.7 Å². The van der Waals surface area contributed by atoms with Crippen molar-refractivity contribution < 1.29 is 29.0 Å².